The molecule has 1 unspecified atom stereocenters. The van der Waals surface area contributed by atoms with E-state index in [1.807, 2.05) is 31.6 Å². The minimum Gasteiger partial charge on any atom is -0.492 e. The first-order valence-corrected chi connectivity index (χ1v) is 14.9. The summed E-state index contributed by atoms with van der Waals surface area (Å²) in [7, 11) is 1.66. The van der Waals surface area contributed by atoms with E-state index in [9.17, 15) is 0 Å². The van der Waals surface area contributed by atoms with Crippen molar-refractivity contribution in [3.05, 3.63) is 77.1 Å². The van der Waals surface area contributed by atoms with Crippen LogP contribution in [0.1, 0.15) is 43.7 Å². The number of hydrogen-bond donors (Lipinski definition) is 3. The van der Waals surface area contributed by atoms with Gasteiger partial charge < -0.3 is 14.4 Å². The first-order valence-electron chi connectivity index (χ1n) is 14.9. The lowest BCUT2D eigenvalue weighted by Crippen LogP contribution is -2.49. The van der Waals surface area contributed by atoms with Gasteiger partial charge in [0.15, 0.2) is 0 Å². The highest BCUT2D eigenvalue weighted by Gasteiger charge is 2.40. The summed E-state index contributed by atoms with van der Waals surface area (Å²) in [4.78, 5) is 14.5. The van der Waals surface area contributed by atoms with Crippen LogP contribution in [-0.2, 0) is 11.3 Å². The molecule has 10 heteroatoms. The van der Waals surface area contributed by atoms with Crippen molar-refractivity contribution in [1.82, 2.24) is 36.2 Å². The van der Waals surface area contributed by atoms with Gasteiger partial charge in [-0.05, 0) is 74.9 Å². The van der Waals surface area contributed by atoms with Crippen molar-refractivity contribution in [2.75, 3.05) is 51.3 Å². The van der Waals surface area contributed by atoms with Crippen LogP contribution in [-0.4, -0.2) is 72.5 Å². The maximum atomic E-state index is 5.90. The Morgan fingerprint density at radius 2 is 1.95 bits per heavy atom. The second kappa shape index (κ2) is 11.1. The molecule has 2 aromatic heterocycles. The number of rotatable bonds is 7. The van der Waals surface area contributed by atoms with Crippen molar-refractivity contribution >= 4 is 11.4 Å². The van der Waals surface area contributed by atoms with E-state index in [0.717, 1.165) is 62.0 Å². The van der Waals surface area contributed by atoms with E-state index in [2.05, 4.69) is 60.3 Å². The molecule has 10 nitrogen and oxygen atoms in total. The van der Waals surface area contributed by atoms with Crippen molar-refractivity contribution in [3.63, 3.8) is 0 Å². The van der Waals surface area contributed by atoms with Crippen LogP contribution in [0.3, 0.4) is 0 Å². The summed E-state index contributed by atoms with van der Waals surface area (Å²) < 4.78 is 11.1. The largest absolute Gasteiger partial charge is 0.492 e. The van der Waals surface area contributed by atoms with Crippen molar-refractivity contribution in [3.8, 4) is 5.88 Å². The van der Waals surface area contributed by atoms with Crippen LogP contribution in [0.25, 0.3) is 5.57 Å². The molecule has 7 heterocycles. The number of anilines is 1. The Labute approximate surface area is 242 Å². The molecular formula is C31H40N8O2. The van der Waals surface area contributed by atoms with Crippen LogP contribution in [0, 0.1) is 5.41 Å². The van der Waals surface area contributed by atoms with Gasteiger partial charge in [0.1, 0.15) is 17.7 Å². The lowest BCUT2D eigenvalue weighted by molar-refractivity contribution is 0.0834. The zero-order valence-electron chi connectivity index (χ0n) is 24.0. The van der Waals surface area contributed by atoms with Crippen molar-refractivity contribution in [1.29, 1.82) is 0 Å². The Morgan fingerprint density at radius 1 is 1.05 bits per heavy atom. The average molecular weight is 557 g/mol. The van der Waals surface area contributed by atoms with E-state index in [1.54, 1.807) is 7.11 Å². The van der Waals surface area contributed by atoms with Gasteiger partial charge in [0, 0.05) is 61.3 Å². The minimum absolute atomic E-state index is 0.0849. The van der Waals surface area contributed by atoms with E-state index in [-0.39, 0.29) is 6.17 Å². The predicted octanol–water partition coefficient (Wildman–Crippen LogP) is 3.15. The summed E-state index contributed by atoms with van der Waals surface area (Å²) in [6.45, 7) is 8.81. The number of pyridine rings is 2. The molecule has 1 atom stereocenters. The minimum atomic E-state index is 0.0849. The standard InChI is InChI=1S/C31H40N8O2/c1-3-41-24-15-25(29-26-18-34-35-30(26)36-39(29)20-24)23-6-7-27(32-17-23)38-12-4-9-31(21-38)10-13-37(14-11-31)19-22-5-8-28(40-2)33-16-22/h5-8,15-17,20,30,34-36H,3-4,9-14,18-19,21H2,1-2H3. The molecule has 5 aliphatic rings. The van der Waals surface area contributed by atoms with Crippen LogP contribution in [0.2, 0.25) is 0 Å². The third-order valence-corrected chi connectivity index (χ3v) is 9.17. The Balaban J connectivity index is 1.03. The molecule has 0 amide bonds. The Morgan fingerprint density at radius 3 is 2.71 bits per heavy atom. The van der Waals surface area contributed by atoms with Crippen molar-refractivity contribution < 1.29 is 9.47 Å². The number of fused-ring (bicyclic) bond motifs is 2. The Bertz CT molecular complexity index is 1350. The number of methoxy groups -OCH3 is 1. The van der Waals surface area contributed by atoms with Crippen LogP contribution in [0.15, 0.2) is 66.0 Å². The normalized spacial score (nSPS) is 23.8. The predicted molar refractivity (Wildman–Crippen MR) is 158 cm³/mol. The number of ether oxygens (including phenoxy) is 2. The molecule has 5 aliphatic heterocycles. The van der Waals surface area contributed by atoms with Crippen LogP contribution in [0.5, 0.6) is 5.88 Å². The number of nitrogens with one attached hydrogen (secondary N) is 3. The molecule has 3 fully saturated rings. The molecule has 0 radical (unpaired) electrons. The summed E-state index contributed by atoms with van der Waals surface area (Å²) in [6, 6.07) is 8.52. The molecule has 41 heavy (non-hydrogen) atoms. The highest BCUT2D eigenvalue weighted by Crippen LogP contribution is 2.42. The van der Waals surface area contributed by atoms with E-state index >= 15 is 0 Å². The van der Waals surface area contributed by atoms with Gasteiger partial charge in [-0.3, -0.25) is 15.3 Å². The highest BCUT2D eigenvalue weighted by molar-refractivity contribution is 5.83. The second-order valence-electron chi connectivity index (χ2n) is 11.7. The van der Waals surface area contributed by atoms with Gasteiger partial charge in [-0.25, -0.2) is 20.8 Å². The monoisotopic (exact) mass is 556 g/mol. The maximum absolute atomic E-state index is 5.90. The molecular weight excluding hydrogens is 516 g/mol. The summed E-state index contributed by atoms with van der Waals surface area (Å²) in [5.74, 6) is 2.60. The third kappa shape index (κ3) is 5.21. The quantitative estimate of drug-likeness (QED) is 0.473. The van der Waals surface area contributed by atoms with Crippen LogP contribution < -0.4 is 25.9 Å². The molecule has 216 valence electrons. The maximum Gasteiger partial charge on any atom is 0.212 e. The van der Waals surface area contributed by atoms with Gasteiger partial charge in [0.2, 0.25) is 5.88 Å². The fourth-order valence-corrected chi connectivity index (χ4v) is 6.98. The summed E-state index contributed by atoms with van der Waals surface area (Å²) in [5.41, 5.74) is 16.4. The number of allylic oxidation sites excluding steroid dienone is 2. The molecule has 0 aliphatic carbocycles. The number of nitrogens with zero attached hydrogens (tertiary/aromatic N) is 5. The zero-order valence-corrected chi connectivity index (χ0v) is 24.0. The molecule has 3 saturated heterocycles. The van der Waals surface area contributed by atoms with Crippen LogP contribution >= 0.6 is 0 Å². The molecule has 7 rings (SSSR count). The molecule has 1 spiro atoms. The topological polar surface area (TPSA) is 90.1 Å². The van der Waals surface area contributed by atoms with Gasteiger partial charge in [-0.15, -0.1) is 0 Å². The zero-order chi connectivity index (χ0) is 27.8. The SMILES string of the molecule is CCOC1=CN2NC3NNCC3=C2C(c2ccc(N3CCCC4(CCN(Cc5ccc(OC)nc5)CC4)C3)nc2)=C1. The second-order valence-corrected chi connectivity index (χ2v) is 11.7. The first-order chi connectivity index (χ1) is 20.1. The molecule has 2 aromatic rings. The number of aromatic nitrogens is 2. The lowest BCUT2D eigenvalue weighted by Gasteiger charge is -2.48. The number of hydrogen-bond acceptors (Lipinski definition) is 10. The summed E-state index contributed by atoms with van der Waals surface area (Å²) >= 11 is 0. The summed E-state index contributed by atoms with van der Waals surface area (Å²) in [6.07, 6.45) is 13.2. The van der Waals surface area contributed by atoms with E-state index < -0.39 is 0 Å². The molecule has 0 aromatic carbocycles. The van der Waals surface area contributed by atoms with E-state index in [1.165, 1.54) is 42.5 Å². The van der Waals surface area contributed by atoms with Crippen molar-refractivity contribution in [2.45, 2.75) is 45.3 Å². The molecule has 0 saturated carbocycles. The fourth-order valence-electron chi connectivity index (χ4n) is 6.98. The van der Waals surface area contributed by atoms with Crippen molar-refractivity contribution in [2.24, 2.45) is 5.41 Å². The summed E-state index contributed by atoms with van der Waals surface area (Å²) in [5, 5.41) is 2.09. The van der Waals surface area contributed by atoms with Gasteiger partial charge in [-0.1, -0.05) is 6.07 Å². The fraction of sp³-hybridized carbons (Fsp3) is 0.484. The lowest BCUT2D eigenvalue weighted by atomic mass is 9.72. The average Bonchev–Trinajstić information content (AvgIpc) is 3.60. The first kappa shape index (κ1) is 26.5. The van der Waals surface area contributed by atoms with Gasteiger partial charge in [0.05, 0.1) is 25.6 Å². The molecule has 3 N–H and O–H groups in total. The van der Waals surface area contributed by atoms with Gasteiger partial charge in [0.25, 0.3) is 0 Å². The number of hydrazine groups is 2. The number of piperidine rings is 2. The van der Waals surface area contributed by atoms with Crippen LogP contribution in [0.4, 0.5) is 5.82 Å². The van der Waals surface area contributed by atoms with E-state index in [0.29, 0.717) is 17.9 Å². The smallest absolute Gasteiger partial charge is 0.212 e. The Kier molecular flexibility index (Phi) is 7.16. The molecule has 0 bridgehead atoms. The highest BCUT2D eigenvalue weighted by atomic mass is 16.5. The van der Waals surface area contributed by atoms with Gasteiger partial charge in [-0.2, -0.15) is 0 Å². The Hall–Kier alpha value is -3.44. The number of likely N-dealkylation sites (tertiary alicyclic amines) is 1. The van der Waals surface area contributed by atoms with E-state index in [4.69, 9.17) is 14.5 Å². The van der Waals surface area contributed by atoms with Gasteiger partial charge >= 0.3 is 0 Å². The third-order valence-electron chi connectivity index (χ3n) is 9.17.